The van der Waals surface area contributed by atoms with E-state index in [4.69, 9.17) is 4.98 Å². The smallest absolute Gasteiger partial charge is 0.231 e. The van der Waals surface area contributed by atoms with Crippen molar-refractivity contribution in [2.45, 2.75) is 38.5 Å². The molecule has 1 aliphatic rings. The summed E-state index contributed by atoms with van der Waals surface area (Å²) in [6, 6.07) is 18.0. The highest BCUT2D eigenvalue weighted by atomic mass is 32.1. The van der Waals surface area contributed by atoms with E-state index in [0.29, 0.717) is 0 Å². The molecule has 150 valence electrons. The third kappa shape index (κ3) is 4.67. The van der Waals surface area contributed by atoms with Gasteiger partial charge in [0, 0.05) is 29.7 Å². The molecule has 0 spiro atoms. The zero-order valence-corrected chi connectivity index (χ0v) is 17.6. The molecule has 1 fully saturated rings. The molecule has 4 rings (SSSR count). The molecule has 0 bridgehead atoms. The monoisotopic (exact) mass is 405 g/mol. The molecule has 1 saturated heterocycles. The molecule has 2 heterocycles. The van der Waals surface area contributed by atoms with Crippen LogP contribution in [0.3, 0.4) is 0 Å². The van der Waals surface area contributed by atoms with Gasteiger partial charge in [0.25, 0.3) is 0 Å². The van der Waals surface area contributed by atoms with Crippen molar-refractivity contribution in [2.75, 3.05) is 23.3 Å². The van der Waals surface area contributed by atoms with Gasteiger partial charge in [0.05, 0.1) is 11.6 Å². The Bertz CT molecular complexity index is 930. The number of carbonyl (C=O) groups is 1. The van der Waals surface area contributed by atoms with Gasteiger partial charge in [0.1, 0.15) is 0 Å². The lowest BCUT2D eigenvalue weighted by molar-refractivity contribution is -0.117. The van der Waals surface area contributed by atoms with Gasteiger partial charge >= 0.3 is 0 Å². The minimum absolute atomic E-state index is 0.0347. The number of nitrogens with one attached hydrogen (secondary N) is 1. The van der Waals surface area contributed by atoms with Gasteiger partial charge in [-0.25, -0.2) is 4.98 Å². The minimum Gasteiger partial charge on any atom is -0.348 e. The van der Waals surface area contributed by atoms with Gasteiger partial charge in [-0.1, -0.05) is 49.4 Å². The molecule has 1 N–H and O–H groups in total. The fourth-order valence-electron chi connectivity index (χ4n) is 3.84. The lowest BCUT2D eigenvalue weighted by atomic mass is 9.95. The number of benzene rings is 2. The van der Waals surface area contributed by atoms with Gasteiger partial charge in [0.2, 0.25) is 5.91 Å². The van der Waals surface area contributed by atoms with E-state index in [2.05, 4.69) is 15.6 Å². The van der Waals surface area contributed by atoms with Crippen molar-refractivity contribution in [1.82, 2.24) is 4.98 Å². The Morgan fingerprint density at radius 3 is 2.48 bits per heavy atom. The van der Waals surface area contributed by atoms with Gasteiger partial charge in [-0.15, -0.1) is 11.3 Å². The number of carbonyl (C=O) groups excluding carboxylic acids is 1. The van der Waals surface area contributed by atoms with Crippen LogP contribution in [0.5, 0.6) is 0 Å². The Kier molecular flexibility index (Phi) is 6.25. The van der Waals surface area contributed by atoms with Crippen LogP contribution in [-0.4, -0.2) is 24.0 Å². The highest BCUT2D eigenvalue weighted by Gasteiger charge is 2.19. The van der Waals surface area contributed by atoms with Crippen LogP contribution in [-0.2, 0) is 4.79 Å². The van der Waals surface area contributed by atoms with Crippen molar-refractivity contribution in [3.63, 3.8) is 0 Å². The first-order valence-corrected chi connectivity index (χ1v) is 11.3. The SMILES string of the molecule is CC[C@H](C(=O)Nc1ccc(-c2csc(N3CCCCC3)n2)cc1)c1ccccc1. The molecule has 0 saturated carbocycles. The van der Waals surface area contributed by atoms with E-state index >= 15 is 0 Å². The fraction of sp³-hybridized carbons (Fsp3) is 0.333. The number of thiazole rings is 1. The van der Waals surface area contributed by atoms with Crippen molar-refractivity contribution >= 4 is 28.1 Å². The standard InChI is InChI=1S/C24H27N3OS/c1-2-21(18-9-5-3-6-10-18)23(28)25-20-13-11-19(12-14-20)22-17-29-24(26-22)27-15-7-4-8-16-27/h3,5-6,9-14,17,21H,2,4,7-8,15-16H2,1H3,(H,25,28)/t21-/m0/s1. The molecule has 1 aromatic heterocycles. The van der Waals surface area contributed by atoms with Gasteiger partial charge in [-0.3, -0.25) is 4.79 Å². The Hall–Kier alpha value is -2.66. The second kappa shape index (κ2) is 9.23. The number of anilines is 2. The van der Waals surface area contributed by atoms with Crippen molar-refractivity contribution < 1.29 is 4.79 Å². The van der Waals surface area contributed by atoms with Crippen molar-refractivity contribution in [3.8, 4) is 11.3 Å². The van der Waals surface area contributed by atoms with E-state index < -0.39 is 0 Å². The van der Waals surface area contributed by atoms with Gasteiger partial charge in [-0.05, 0) is 43.4 Å². The van der Waals surface area contributed by atoms with Gasteiger partial charge in [0.15, 0.2) is 5.13 Å². The van der Waals surface area contributed by atoms with Crippen LogP contribution in [0.2, 0.25) is 0 Å². The maximum Gasteiger partial charge on any atom is 0.231 e. The maximum atomic E-state index is 12.8. The van der Waals surface area contributed by atoms with E-state index in [1.54, 1.807) is 11.3 Å². The highest BCUT2D eigenvalue weighted by Crippen LogP contribution is 2.30. The Balaban J connectivity index is 1.43. The Morgan fingerprint density at radius 2 is 1.79 bits per heavy atom. The molecule has 1 aliphatic heterocycles. The number of rotatable bonds is 6. The molecule has 2 aromatic carbocycles. The normalized spacial score (nSPS) is 15.1. The van der Waals surface area contributed by atoms with Crippen molar-refractivity contribution in [1.29, 1.82) is 0 Å². The van der Waals surface area contributed by atoms with Gasteiger partial charge in [-0.2, -0.15) is 0 Å². The van der Waals surface area contributed by atoms with Gasteiger partial charge < -0.3 is 10.2 Å². The first-order chi connectivity index (χ1) is 14.2. The Labute approximate surface area is 176 Å². The lowest BCUT2D eigenvalue weighted by Gasteiger charge is -2.25. The largest absolute Gasteiger partial charge is 0.348 e. The van der Waals surface area contributed by atoms with E-state index in [1.807, 2.05) is 61.5 Å². The second-order valence-electron chi connectivity index (χ2n) is 7.50. The summed E-state index contributed by atoms with van der Waals surface area (Å²) in [6.07, 6.45) is 4.60. The number of amides is 1. The molecule has 3 aromatic rings. The third-order valence-electron chi connectivity index (χ3n) is 5.49. The van der Waals surface area contributed by atoms with Crippen LogP contribution in [0.4, 0.5) is 10.8 Å². The third-order valence-corrected chi connectivity index (χ3v) is 6.39. The summed E-state index contributed by atoms with van der Waals surface area (Å²) >= 11 is 1.72. The number of hydrogen-bond acceptors (Lipinski definition) is 4. The molecular weight excluding hydrogens is 378 g/mol. The first-order valence-electron chi connectivity index (χ1n) is 10.4. The summed E-state index contributed by atoms with van der Waals surface area (Å²) < 4.78 is 0. The predicted octanol–water partition coefficient (Wildman–Crippen LogP) is 5.93. The Morgan fingerprint density at radius 1 is 1.07 bits per heavy atom. The van der Waals surface area contributed by atoms with Crippen molar-refractivity contribution in [3.05, 3.63) is 65.5 Å². The summed E-state index contributed by atoms with van der Waals surface area (Å²) in [6.45, 7) is 4.26. The average molecular weight is 406 g/mol. The fourth-order valence-corrected chi connectivity index (χ4v) is 4.73. The molecular formula is C24H27N3OS. The average Bonchev–Trinajstić information content (AvgIpc) is 3.26. The summed E-state index contributed by atoms with van der Waals surface area (Å²) in [5.74, 6) is -0.103. The molecule has 0 radical (unpaired) electrons. The molecule has 5 heteroatoms. The van der Waals surface area contributed by atoms with Crippen LogP contribution < -0.4 is 10.2 Å². The number of aromatic nitrogens is 1. The predicted molar refractivity (Wildman–Crippen MR) is 122 cm³/mol. The molecule has 29 heavy (non-hydrogen) atoms. The first kappa shape index (κ1) is 19.6. The van der Waals surface area contributed by atoms with E-state index in [1.165, 1.54) is 19.3 Å². The number of nitrogens with zero attached hydrogens (tertiary/aromatic N) is 2. The molecule has 4 nitrogen and oxygen atoms in total. The molecule has 1 amide bonds. The molecule has 0 unspecified atom stereocenters. The minimum atomic E-state index is -0.137. The van der Waals surface area contributed by atoms with Crippen LogP contribution in [0.25, 0.3) is 11.3 Å². The summed E-state index contributed by atoms with van der Waals surface area (Å²) in [7, 11) is 0. The highest BCUT2D eigenvalue weighted by molar-refractivity contribution is 7.14. The quantitative estimate of drug-likeness (QED) is 0.552. The zero-order valence-electron chi connectivity index (χ0n) is 16.8. The number of piperidine rings is 1. The zero-order chi connectivity index (χ0) is 20.1. The van der Waals surface area contributed by atoms with E-state index in [9.17, 15) is 4.79 Å². The lowest BCUT2D eigenvalue weighted by Crippen LogP contribution is -2.29. The summed E-state index contributed by atoms with van der Waals surface area (Å²) in [5.41, 5.74) is 3.96. The van der Waals surface area contributed by atoms with Crippen LogP contribution in [0.15, 0.2) is 60.0 Å². The van der Waals surface area contributed by atoms with Crippen molar-refractivity contribution in [2.24, 2.45) is 0 Å². The maximum absolute atomic E-state index is 12.8. The molecule has 0 aliphatic carbocycles. The van der Waals surface area contributed by atoms with Crippen LogP contribution >= 0.6 is 11.3 Å². The number of hydrogen-bond donors (Lipinski definition) is 1. The van der Waals surface area contributed by atoms with E-state index in [-0.39, 0.29) is 11.8 Å². The molecule has 1 atom stereocenters. The van der Waals surface area contributed by atoms with E-state index in [0.717, 1.165) is 47.2 Å². The van der Waals surface area contributed by atoms with Crippen LogP contribution in [0.1, 0.15) is 44.1 Å². The van der Waals surface area contributed by atoms with Crippen LogP contribution in [0, 0.1) is 0 Å². The summed E-state index contributed by atoms with van der Waals surface area (Å²) in [4.78, 5) is 20.0. The second-order valence-corrected chi connectivity index (χ2v) is 8.34. The topological polar surface area (TPSA) is 45.2 Å². The summed E-state index contributed by atoms with van der Waals surface area (Å²) in [5, 5.41) is 6.30.